The number of amides is 2. The summed E-state index contributed by atoms with van der Waals surface area (Å²) < 4.78 is 5.88. The maximum atomic E-state index is 13.2. The Hall–Kier alpha value is -4.24. The third-order valence-corrected chi connectivity index (χ3v) is 5.75. The van der Waals surface area contributed by atoms with Crippen molar-refractivity contribution in [3.63, 3.8) is 0 Å². The maximum absolute atomic E-state index is 13.2. The molecule has 5 rings (SSSR count). The lowest BCUT2D eigenvalue weighted by atomic mass is 10.1. The van der Waals surface area contributed by atoms with Crippen LogP contribution in [0.25, 0.3) is 11.3 Å². The first-order valence-electron chi connectivity index (χ1n) is 11.0. The molecule has 172 valence electrons. The normalized spacial score (nSPS) is 19.4. The number of carbonyl (C=O) groups is 2. The summed E-state index contributed by atoms with van der Waals surface area (Å²) in [6.07, 6.45) is 2.07. The summed E-state index contributed by atoms with van der Waals surface area (Å²) in [5.41, 5.74) is 9.19. The Labute approximate surface area is 196 Å². The van der Waals surface area contributed by atoms with Crippen molar-refractivity contribution in [1.82, 2.24) is 21.2 Å². The summed E-state index contributed by atoms with van der Waals surface area (Å²) in [5, 5.41) is 2.75. The van der Waals surface area contributed by atoms with E-state index >= 15 is 0 Å². The molecule has 2 amide bonds. The van der Waals surface area contributed by atoms with Gasteiger partial charge in [-0.25, -0.2) is 10.4 Å². The number of hydrogen-bond acceptors (Lipinski definition) is 7. The summed E-state index contributed by atoms with van der Waals surface area (Å²) in [5.74, 6) is -0.0556. The molecule has 9 nitrogen and oxygen atoms in total. The molecule has 0 spiro atoms. The van der Waals surface area contributed by atoms with Crippen LogP contribution in [-0.2, 0) is 16.0 Å². The van der Waals surface area contributed by atoms with Crippen molar-refractivity contribution in [2.24, 2.45) is 4.99 Å². The summed E-state index contributed by atoms with van der Waals surface area (Å²) in [4.78, 5) is 36.2. The Kier molecular flexibility index (Phi) is 5.92. The molecule has 2 aliphatic rings. The largest absolute Gasteiger partial charge is 0.489 e. The lowest BCUT2D eigenvalue weighted by molar-refractivity contribution is -0.124. The minimum absolute atomic E-state index is 0.0129. The van der Waals surface area contributed by atoms with Crippen molar-refractivity contribution in [3.05, 3.63) is 78.5 Å². The fraction of sp³-hybridized carbons (Fsp3) is 0.200. The van der Waals surface area contributed by atoms with Crippen LogP contribution >= 0.6 is 0 Å². The molecule has 0 aliphatic carbocycles. The Morgan fingerprint density at radius 3 is 2.76 bits per heavy atom. The molecule has 0 fully saturated rings. The van der Waals surface area contributed by atoms with Crippen molar-refractivity contribution in [3.8, 4) is 17.0 Å². The molecule has 9 heteroatoms. The number of hydrogen-bond donors (Lipinski definition) is 3. The number of nitrogens with zero attached hydrogens (tertiary/aromatic N) is 3. The zero-order chi connectivity index (χ0) is 23.5. The minimum atomic E-state index is -0.860. The second kappa shape index (κ2) is 9.32. The number of likely N-dealkylation sites (N-methyl/N-ethyl adjacent to an activating group) is 1. The second-order valence-electron chi connectivity index (χ2n) is 8.08. The number of aliphatic imine (C=N–C) groups is 1. The van der Waals surface area contributed by atoms with Crippen LogP contribution < -0.4 is 25.8 Å². The van der Waals surface area contributed by atoms with Gasteiger partial charge in [-0.15, -0.1) is 0 Å². The van der Waals surface area contributed by atoms with Gasteiger partial charge >= 0.3 is 0 Å². The highest BCUT2D eigenvalue weighted by Crippen LogP contribution is 2.34. The predicted molar refractivity (Wildman–Crippen MR) is 128 cm³/mol. The van der Waals surface area contributed by atoms with Crippen molar-refractivity contribution in [1.29, 1.82) is 0 Å². The van der Waals surface area contributed by atoms with E-state index in [1.54, 1.807) is 13.2 Å². The lowest BCUT2D eigenvalue weighted by Gasteiger charge is -2.20. The number of hydrazine groups is 1. The average Bonchev–Trinajstić information content (AvgIpc) is 3.31. The molecule has 0 saturated heterocycles. The molecular formula is C25H24N6O3. The molecule has 2 atom stereocenters. The van der Waals surface area contributed by atoms with Gasteiger partial charge in [-0.05, 0) is 35.9 Å². The highest BCUT2D eigenvalue weighted by Gasteiger charge is 2.33. The van der Waals surface area contributed by atoms with Crippen LogP contribution in [0.2, 0.25) is 0 Å². The van der Waals surface area contributed by atoms with Crippen LogP contribution in [0.1, 0.15) is 5.56 Å². The van der Waals surface area contributed by atoms with Crippen molar-refractivity contribution in [2.75, 3.05) is 18.6 Å². The van der Waals surface area contributed by atoms with Gasteiger partial charge in [0.2, 0.25) is 5.84 Å². The van der Waals surface area contributed by atoms with Crippen molar-refractivity contribution >= 4 is 23.3 Å². The summed E-state index contributed by atoms with van der Waals surface area (Å²) in [7, 11) is 1.67. The number of aromatic nitrogens is 1. The van der Waals surface area contributed by atoms with Crippen LogP contribution in [0, 0.1) is 0 Å². The van der Waals surface area contributed by atoms with Crippen molar-refractivity contribution < 1.29 is 14.3 Å². The number of benzene rings is 2. The molecule has 2 unspecified atom stereocenters. The van der Waals surface area contributed by atoms with Gasteiger partial charge in [0.15, 0.2) is 0 Å². The number of fused-ring (bicyclic) bond motifs is 1. The van der Waals surface area contributed by atoms with Crippen LogP contribution in [-0.4, -0.2) is 48.5 Å². The van der Waals surface area contributed by atoms with E-state index in [1.165, 1.54) is 4.90 Å². The van der Waals surface area contributed by atoms with Crippen molar-refractivity contribution in [2.45, 2.75) is 18.6 Å². The van der Waals surface area contributed by atoms with Gasteiger partial charge < -0.3 is 15.0 Å². The van der Waals surface area contributed by atoms with Gasteiger partial charge in [-0.1, -0.05) is 36.4 Å². The first kappa shape index (κ1) is 21.6. The molecule has 0 bridgehead atoms. The van der Waals surface area contributed by atoms with Gasteiger partial charge in [-0.2, -0.15) is 0 Å². The summed E-state index contributed by atoms with van der Waals surface area (Å²) >= 11 is 0. The summed E-state index contributed by atoms with van der Waals surface area (Å²) in [6, 6.07) is 20.2. The molecule has 2 aromatic carbocycles. The van der Waals surface area contributed by atoms with Gasteiger partial charge in [-0.3, -0.25) is 20.0 Å². The van der Waals surface area contributed by atoms with E-state index in [1.807, 2.05) is 66.7 Å². The number of anilines is 1. The molecule has 3 aromatic rings. The first-order chi connectivity index (χ1) is 16.6. The molecule has 3 N–H and O–H groups in total. The zero-order valence-corrected chi connectivity index (χ0v) is 18.6. The van der Waals surface area contributed by atoms with E-state index in [9.17, 15) is 9.59 Å². The molecule has 0 radical (unpaired) electrons. The lowest BCUT2D eigenvalue weighted by Crippen LogP contribution is -2.53. The molecule has 2 aliphatic heterocycles. The van der Waals surface area contributed by atoms with Gasteiger partial charge in [0, 0.05) is 25.2 Å². The highest BCUT2D eigenvalue weighted by atomic mass is 16.5. The molecule has 0 saturated carbocycles. The third kappa shape index (κ3) is 4.46. The van der Waals surface area contributed by atoms with Crippen LogP contribution in [0.4, 0.5) is 5.69 Å². The smallest absolute Gasteiger partial charge is 0.288 e. The monoisotopic (exact) mass is 456 g/mol. The standard InChI is InChI=1S/C25H24N6O3/c1-31-20-14-17(18-9-5-6-12-26-18)10-11-21(20)34-15-19(25(31)33)27-24(32)23-28-22(29-30-23)13-16-7-3-2-4-8-16/h2-12,14,19,22,29H,13,15H2,1H3,(H,27,32)(H,28,30). The van der Waals surface area contributed by atoms with Gasteiger partial charge in [0.1, 0.15) is 24.6 Å². The van der Waals surface area contributed by atoms with Crippen LogP contribution in [0.3, 0.4) is 0 Å². The predicted octanol–water partition coefficient (Wildman–Crippen LogP) is 1.66. The third-order valence-electron chi connectivity index (χ3n) is 5.75. The zero-order valence-electron chi connectivity index (χ0n) is 18.6. The Morgan fingerprint density at radius 1 is 1.15 bits per heavy atom. The quantitative estimate of drug-likeness (QED) is 0.539. The minimum Gasteiger partial charge on any atom is -0.489 e. The van der Waals surface area contributed by atoms with E-state index in [0.29, 0.717) is 17.9 Å². The first-order valence-corrected chi connectivity index (χ1v) is 11.0. The number of carbonyl (C=O) groups excluding carboxylic acids is 2. The van der Waals surface area contributed by atoms with E-state index in [0.717, 1.165) is 16.8 Å². The Bertz CT molecular complexity index is 1230. The number of rotatable bonds is 5. The number of ether oxygens (including phenoxy) is 1. The Balaban J connectivity index is 1.27. The summed E-state index contributed by atoms with van der Waals surface area (Å²) in [6.45, 7) is 0.0129. The number of pyridine rings is 1. The average molecular weight is 457 g/mol. The number of nitrogens with one attached hydrogen (secondary N) is 3. The fourth-order valence-electron chi connectivity index (χ4n) is 3.94. The van der Waals surface area contributed by atoms with E-state index < -0.39 is 11.9 Å². The van der Waals surface area contributed by atoms with E-state index in [2.05, 4.69) is 26.1 Å². The molecule has 1 aromatic heterocycles. The fourth-order valence-corrected chi connectivity index (χ4v) is 3.94. The number of amidine groups is 1. The van der Waals surface area contributed by atoms with E-state index in [4.69, 9.17) is 4.74 Å². The van der Waals surface area contributed by atoms with Gasteiger partial charge in [0.05, 0.1) is 11.4 Å². The second-order valence-corrected chi connectivity index (χ2v) is 8.08. The molecule has 34 heavy (non-hydrogen) atoms. The maximum Gasteiger partial charge on any atom is 0.288 e. The van der Waals surface area contributed by atoms with Crippen LogP contribution in [0.5, 0.6) is 5.75 Å². The topological polar surface area (TPSA) is 108 Å². The van der Waals surface area contributed by atoms with Gasteiger partial charge in [0.25, 0.3) is 11.8 Å². The molecule has 3 heterocycles. The highest BCUT2D eigenvalue weighted by molar-refractivity contribution is 6.38. The SMILES string of the molecule is CN1C(=O)C(NC(=O)C2=NC(Cc3ccccc3)NN2)COc2ccc(-c3ccccn3)cc21. The van der Waals surface area contributed by atoms with E-state index in [-0.39, 0.29) is 24.5 Å². The van der Waals surface area contributed by atoms with Crippen LogP contribution in [0.15, 0.2) is 77.9 Å². The molecular weight excluding hydrogens is 432 g/mol. The Morgan fingerprint density at radius 2 is 1.97 bits per heavy atom.